The molecule has 1 aromatic carbocycles. The molecule has 1 aliphatic heterocycles. The second kappa shape index (κ2) is 11.4. The van der Waals surface area contributed by atoms with E-state index in [0.29, 0.717) is 31.1 Å². The molecule has 1 saturated heterocycles. The highest BCUT2D eigenvalue weighted by Crippen LogP contribution is 2.21. The minimum atomic E-state index is -3.37. The molecule has 1 N–H and O–H groups in total. The zero-order chi connectivity index (χ0) is 20.9. The van der Waals surface area contributed by atoms with Crippen LogP contribution in [0.1, 0.15) is 36.0 Å². The molecular weight excluding hydrogens is 533 g/mol. The van der Waals surface area contributed by atoms with Gasteiger partial charge in [0, 0.05) is 32.1 Å². The zero-order valence-corrected chi connectivity index (χ0v) is 21.6. The van der Waals surface area contributed by atoms with E-state index in [0.717, 1.165) is 41.6 Å². The molecule has 1 aliphatic rings. The summed E-state index contributed by atoms with van der Waals surface area (Å²) < 4.78 is 26.8. The number of benzene rings is 1. The molecule has 1 aromatic heterocycles. The Hall–Kier alpha value is -1.24. The van der Waals surface area contributed by atoms with Crippen molar-refractivity contribution >= 4 is 51.3 Å². The van der Waals surface area contributed by atoms with Gasteiger partial charge in [-0.05, 0) is 44.4 Å². The average Bonchev–Trinajstić information content (AvgIpc) is 3.38. The Labute approximate surface area is 200 Å². The van der Waals surface area contributed by atoms with Gasteiger partial charge < -0.3 is 10.2 Å². The lowest BCUT2D eigenvalue weighted by atomic mass is 10.2. The fraction of sp³-hybridized carbons (Fsp3) is 0.500. The number of hydrogen-bond acceptors (Lipinski definition) is 5. The average molecular weight is 564 g/mol. The standard InChI is InChI=1S/C20H29N5O2S2.HI/c1-4-21-20(24(3)14-18-15-28-16(2)23-18)22-13-17-7-9-19(10-8-17)29(26,27)25-11-5-6-12-25;/h7-10,15H,4-6,11-14H2,1-3H3,(H,21,22);1H. The van der Waals surface area contributed by atoms with Gasteiger partial charge in [-0.1, -0.05) is 12.1 Å². The van der Waals surface area contributed by atoms with Gasteiger partial charge in [0.15, 0.2) is 5.96 Å². The van der Waals surface area contributed by atoms with E-state index in [1.165, 1.54) is 0 Å². The van der Waals surface area contributed by atoms with Crippen LogP contribution < -0.4 is 5.32 Å². The summed E-state index contributed by atoms with van der Waals surface area (Å²) in [7, 11) is -1.38. The summed E-state index contributed by atoms with van der Waals surface area (Å²) in [5.41, 5.74) is 2.00. The Morgan fingerprint density at radius 1 is 1.27 bits per heavy atom. The quantitative estimate of drug-likeness (QED) is 0.317. The van der Waals surface area contributed by atoms with E-state index in [1.54, 1.807) is 27.8 Å². The van der Waals surface area contributed by atoms with Gasteiger partial charge in [0.2, 0.25) is 10.0 Å². The Morgan fingerprint density at radius 2 is 1.93 bits per heavy atom. The van der Waals surface area contributed by atoms with Crippen LogP contribution in [-0.2, 0) is 23.1 Å². The monoisotopic (exact) mass is 563 g/mol. The maximum Gasteiger partial charge on any atom is 0.243 e. The lowest BCUT2D eigenvalue weighted by molar-refractivity contribution is 0.470. The number of rotatable bonds is 7. The molecule has 0 aliphatic carbocycles. The molecule has 2 aromatic rings. The molecule has 0 amide bonds. The topological polar surface area (TPSA) is 77.9 Å². The smallest absolute Gasteiger partial charge is 0.243 e. The summed E-state index contributed by atoms with van der Waals surface area (Å²) in [5.74, 6) is 0.798. The number of guanidine groups is 1. The van der Waals surface area contributed by atoms with Gasteiger partial charge in [0.25, 0.3) is 0 Å². The molecule has 0 bridgehead atoms. The van der Waals surface area contributed by atoms with Crippen LogP contribution in [0, 0.1) is 6.92 Å². The molecule has 10 heteroatoms. The summed E-state index contributed by atoms with van der Waals surface area (Å²) in [5, 5.41) is 6.42. The van der Waals surface area contributed by atoms with Crippen LogP contribution >= 0.6 is 35.3 Å². The van der Waals surface area contributed by atoms with Gasteiger partial charge in [0.1, 0.15) is 0 Å². The van der Waals surface area contributed by atoms with E-state index in [1.807, 2.05) is 37.9 Å². The highest BCUT2D eigenvalue weighted by molar-refractivity contribution is 14.0. The normalized spacial score (nSPS) is 15.1. The number of sulfonamides is 1. The van der Waals surface area contributed by atoms with E-state index < -0.39 is 10.0 Å². The molecule has 166 valence electrons. The zero-order valence-electron chi connectivity index (χ0n) is 17.7. The van der Waals surface area contributed by atoms with E-state index in [4.69, 9.17) is 4.99 Å². The maximum atomic E-state index is 12.6. The van der Waals surface area contributed by atoms with E-state index in [9.17, 15) is 8.42 Å². The number of hydrogen-bond donors (Lipinski definition) is 1. The number of nitrogens with one attached hydrogen (secondary N) is 1. The van der Waals surface area contributed by atoms with Crippen molar-refractivity contribution < 1.29 is 8.42 Å². The van der Waals surface area contributed by atoms with Crippen LogP contribution in [0.25, 0.3) is 0 Å². The lowest BCUT2D eigenvalue weighted by Gasteiger charge is -2.21. The van der Waals surface area contributed by atoms with E-state index >= 15 is 0 Å². The number of nitrogens with zero attached hydrogens (tertiary/aromatic N) is 4. The fourth-order valence-electron chi connectivity index (χ4n) is 3.28. The van der Waals surface area contributed by atoms with Crippen molar-refractivity contribution in [3.8, 4) is 0 Å². The molecule has 0 unspecified atom stereocenters. The number of aryl methyl sites for hydroxylation is 1. The summed E-state index contributed by atoms with van der Waals surface area (Å²) in [4.78, 5) is 11.6. The molecular formula is C20H30IN5O2S2. The fourth-order valence-corrected chi connectivity index (χ4v) is 5.40. The van der Waals surface area contributed by atoms with Gasteiger partial charge in [0.05, 0.1) is 28.7 Å². The first kappa shape index (κ1) is 25.0. The first-order valence-electron chi connectivity index (χ1n) is 9.89. The summed E-state index contributed by atoms with van der Waals surface area (Å²) in [6.07, 6.45) is 1.88. The predicted molar refractivity (Wildman–Crippen MR) is 133 cm³/mol. The van der Waals surface area contributed by atoms with Crippen molar-refractivity contribution in [3.05, 3.63) is 45.9 Å². The lowest BCUT2D eigenvalue weighted by Crippen LogP contribution is -2.38. The molecule has 30 heavy (non-hydrogen) atoms. The van der Waals surface area contributed by atoms with Crippen LogP contribution in [0.2, 0.25) is 0 Å². The molecule has 3 rings (SSSR count). The third-order valence-electron chi connectivity index (χ3n) is 4.80. The minimum absolute atomic E-state index is 0. The molecule has 2 heterocycles. The highest BCUT2D eigenvalue weighted by atomic mass is 127. The largest absolute Gasteiger partial charge is 0.357 e. The van der Waals surface area contributed by atoms with Crippen LogP contribution in [-0.4, -0.2) is 55.2 Å². The van der Waals surface area contributed by atoms with Gasteiger partial charge in [-0.25, -0.2) is 18.4 Å². The van der Waals surface area contributed by atoms with E-state index in [2.05, 4.69) is 15.7 Å². The minimum Gasteiger partial charge on any atom is -0.357 e. The predicted octanol–water partition coefficient (Wildman–Crippen LogP) is 3.45. The first-order chi connectivity index (χ1) is 13.9. The second-order valence-corrected chi connectivity index (χ2v) is 10.1. The summed E-state index contributed by atoms with van der Waals surface area (Å²) >= 11 is 1.64. The van der Waals surface area contributed by atoms with Gasteiger partial charge in [-0.2, -0.15) is 4.31 Å². The van der Waals surface area contributed by atoms with Gasteiger partial charge in [-0.15, -0.1) is 35.3 Å². The molecule has 7 nitrogen and oxygen atoms in total. The molecule has 0 spiro atoms. The number of halogens is 1. The molecule has 0 atom stereocenters. The number of aromatic nitrogens is 1. The maximum absolute atomic E-state index is 12.6. The first-order valence-corrected chi connectivity index (χ1v) is 12.2. The third kappa shape index (κ3) is 6.38. The van der Waals surface area contributed by atoms with Gasteiger partial charge in [-0.3, -0.25) is 0 Å². The van der Waals surface area contributed by atoms with E-state index in [-0.39, 0.29) is 24.0 Å². The second-order valence-electron chi connectivity index (χ2n) is 7.14. The SMILES string of the molecule is CCNC(=NCc1ccc(S(=O)(=O)N2CCCC2)cc1)N(C)Cc1csc(C)n1.I. The Kier molecular flexibility index (Phi) is 9.51. The Balaban J connectivity index is 0.00000320. The molecule has 1 fully saturated rings. The van der Waals surface area contributed by atoms with Crippen molar-refractivity contribution in [2.45, 2.75) is 44.7 Å². The molecule has 0 saturated carbocycles. The number of aliphatic imine (C=N–C) groups is 1. The molecule has 0 radical (unpaired) electrons. The van der Waals surface area contributed by atoms with Crippen molar-refractivity contribution in [1.29, 1.82) is 0 Å². The third-order valence-corrected chi connectivity index (χ3v) is 7.53. The Bertz CT molecular complexity index is 938. The summed E-state index contributed by atoms with van der Waals surface area (Å²) in [6, 6.07) is 7.07. The van der Waals surface area contributed by atoms with Gasteiger partial charge >= 0.3 is 0 Å². The Morgan fingerprint density at radius 3 is 2.50 bits per heavy atom. The van der Waals surface area contributed by atoms with Crippen molar-refractivity contribution in [3.63, 3.8) is 0 Å². The number of thiazole rings is 1. The van der Waals surface area contributed by atoms with Crippen molar-refractivity contribution in [1.82, 2.24) is 19.5 Å². The van der Waals surface area contributed by atoms with Crippen LogP contribution in [0.15, 0.2) is 39.5 Å². The summed E-state index contributed by atoms with van der Waals surface area (Å²) in [6.45, 7) is 7.20. The highest BCUT2D eigenvalue weighted by Gasteiger charge is 2.26. The van der Waals surface area contributed by atoms with Crippen LogP contribution in [0.3, 0.4) is 0 Å². The van der Waals surface area contributed by atoms with Crippen LogP contribution in [0.5, 0.6) is 0 Å². The van der Waals surface area contributed by atoms with Crippen LogP contribution in [0.4, 0.5) is 0 Å². The van der Waals surface area contributed by atoms with Crippen molar-refractivity contribution in [2.24, 2.45) is 4.99 Å². The van der Waals surface area contributed by atoms with Crippen molar-refractivity contribution in [2.75, 3.05) is 26.7 Å².